The summed E-state index contributed by atoms with van der Waals surface area (Å²) in [5.74, 6) is -0.518. The first-order chi connectivity index (χ1) is 9.38. The van der Waals surface area contributed by atoms with E-state index in [4.69, 9.17) is 0 Å². The van der Waals surface area contributed by atoms with Gasteiger partial charge in [-0.25, -0.2) is 0 Å². The topological polar surface area (TPSA) is 112 Å². The summed E-state index contributed by atoms with van der Waals surface area (Å²) in [4.78, 5) is 24.0. The molecule has 1 atom stereocenters. The number of hydrogen-bond donors (Lipinski definition) is 2. The summed E-state index contributed by atoms with van der Waals surface area (Å²) in [6, 6.07) is 0. The van der Waals surface area contributed by atoms with E-state index < -0.39 is 16.9 Å². The predicted octanol–water partition coefficient (Wildman–Crippen LogP) is 1.11. The predicted molar refractivity (Wildman–Crippen MR) is 72.5 cm³/mol. The number of hydrogen-bond acceptors (Lipinski definition) is 5. The summed E-state index contributed by atoms with van der Waals surface area (Å²) < 4.78 is 0. The van der Waals surface area contributed by atoms with E-state index in [0.29, 0.717) is 31.5 Å². The number of nitrogens with one attached hydrogen (secondary N) is 1. The average Bonchev–Trinajstić information content (AvgIpc) is 2.79. The van der Waals surface area contributed by atoms with Crippen LogP contribution < -0.4 is 0 Å². The second-order valence-electron chi connectivity index (χ2n) is 4.77. The molecule has 0 bridgehead atoms. The molecule has 0 aromatic carbocycles. The smallest absolute Gasteiger partial charge is 0.322 e. The maximum absolute atomic E-state index is 12.2. The molecule has 0 spiro atoms. The summed E-state index contributed by atoms with van der Waals surface area (Å²) in [7, 11) is 1.53. The van der Waals surface area contributed by atoms with Gasteiger partial charge in [0.25, 0.3) is 5.91 Å². The molecular weight excluding hydrogens is 264 g/mol. The number of amides is 1. The maximum atomic E-state index is 12.2. The van der Waals surface area contributed by atoms with Crippen molar-refractivity contribution in [3.05, 3.63) is 21.5 Å². The lowest BCUT2D eigenvalue weighted by Gasteiger charge is -2.16. The number of nitrogens with zero attached hydrogens (tertiary/aromatic N) is 3. The first kappa shape index (κ1) is 16.1. The van der Waals surface area contributed by atoms with Crippen molar-refractivity contribution in [2.45, 2.75) is 39.2 Å². The van der Waals surface area contributed by atoms with Crippen LogP contribution in [0.2, 0.25) is 0 Å². The van der Waals surface area contributed by atoms with Gasteiger partial charge in [0, 0.05) is 13.6 Å². The average molecular weight is 284 g/mol. The molecule has 1 aromatic heterocycles. The number of aliphatic hydroxyl groups is 1. The molecule has 1 heterocycles. The van der Waals surface area contributed by atoms with Gasteiger partial charge in [-0.15, -0.1) is 0 Å². The summed E-state index contributed by atoms with van der Waals surface area (Å²) >= 11 is 0. The molecule has 0 saturated heterocycles. The second kappa shape index (κ2) is 6.99. The van der Waals surface area contributed by atoms with Crippen LogP contribution in [-0.2, 0) is 6.42 Å². The van der Waals surface area contributed by atoms with Crippen LogP contribution in [0.25, 0.3) is 0 Å². The van der Waals surface area contributed by atoms with Gasteiger partial charge in [0.05, 0.1) is 11.0 Å². The molecule has 0 fully saturated rings. The Morgan fingerprint density at radius 2 is 2.25 bits per heavy atom. The molecule has 1 rings (SSSR count). The number of nitro groups is 1. The van der Waals surface area contributed by atoms with Gasteiger partial charge in [-0.3, -0.25) is 20.0 Å². The van der Waals surface area contributed by atoms with E-state index >= 15 is 0 Å². The highest BCUT2D eigenvalue weighted by molar-refractivity contribution is 5.96. The normalized spacial score (nSPS) is 12.2. The minimum atomic E-state index is -0.579. The Labute approximate surface area is 116 Å². The summed E-state index contributed by atoms with van der Waals surface area (Å²) in [6.07, 6.45) is 1.06. The number of aryl methyl sites for hydroxylation is 1. The molecule has 0 saturated carbocycles. The van der Waals surface area contributed by atoms with E-state index in [1.165, 1.54) is 11.9 Å². The van der Waals surface area contributed by atoms with Crippen LogP contribution in [-0.4, -0.2) is 50.7 Å². The minimum absolute atomic E-state index is 0.174. The standard InChI is InChI=1S/C12H20N4O4/c1-4-5-9-11(16(19)20)10(14-13-9)12(18)15(3)7-6-8(2)17/h8,17H,4-7H2,1-3H3,(H,13,14). The van der Waals surface area contributed by atoms with Gasteiger partial charge in [0.15, 0.2) is 0 Å². The number of carbonyl (C=O) groups excluding carboxylic acids is 1. The van der Waals surface area contributed by atoms with Gasteiger partial charge in [-0.1, -0.05) is 13.3 Å². The van der Waals surface area contributed by atoms with Gasteiger partial charge in [0.1, 0.15) is 5.69 Å². The molecule has 8 heteroatoms. The molecule has 20 heavy (non-hydrogen) atoms. The van der Waals surface area contributed by atoms with E-state index in [1.807, 2.05) is 6.92 Å². The van der Waals surface area contributed by atoms with Gasteiger partial charge in [-0.05, 0) is 19.8 Å². The molecule has 1 unspecified atom stereocenters. The van der Waals surface area contributed by atoms with E-state index in [2.05, 4.69) is 10.2 Å². The number of rotatable bonds is 7. The van der Waals surface area contributed by atoms with Crippen LogP contribution in [0.15, 0.2) is 0 Å². The quantitative estimate of drug-likeness (QED) is 0.575. The third kappa shape index (κ3) is 3.77. The van der Waals surface area contributed by atoms with Crippen molar-refractivity contribution in [2.75, 3.05) is 13.6 Å². The molecule has 0 aliphatic rings. The molecule has 1 amide bonds. The molecule has 2 N–H and O–H groups in total. The molecule has 0 radical (unpaired) electrons. The molecular formula is C12H20N4O4. The zero-order chi connectivity index (χ0) is 15.3. The monoisotopic (exact) mass is 284 g/mol. The van der Waals surface area contributed by atoms with Crippen molar-refractivity contribution in [1.29, 1.82) is 0 Å². The van der Waals surface area contributed by atoms with Gasteiger partial charge in [0.2, 0.25) is 5.69 Å². The van der Waals surface area contributed by atoms with E-state index in [9.17, 15) is 20.0 Å². The first-order valence-electron chi connectivity index (χ1n) is 6.53. The molecule has 112 valence electrons. The number of aromatic amines is 1. The Morgan fingerprint density at radius 3 is 2.75 bits per heavy atom. The molecule has 1 aromatic rings. The second-order valence-corrected chi connectivity index (χ2v) is 4.77. The van der Waals surface area contributed by atoms with Crippen molar-refractivity contribution < 1.29 is 14.8 Å². The van der Waals surface area contributed by atoms with Crippen molar-refractivity contribution in [2.24, 2.45) is 0 Å². The lowest BCUT2D eigenvalue weighted by atomic mass is 10.2. The Kier molecular flexibility index (Phi) is 5.63. The van der Waals surface area contributed by atoms with Crippen molar-refractivity contribution in [1.82, 2.24) is 15.1 Å². The summed E-state index contributed by atoms with van der Waals surface area (Å²) in [5.41, 5.74) is -0.0583. The Hall–Kier alpha value is -1.96. The SMILES string of the molecule is CCCc1[nH]nc(C(=O)N(C)CCC(C)O)c1[N+](=O)[O-]. The summed E-state index contributed by atoms with van der Waals surface area (Å²) in [6.45, 7) is 3.82. The number of aromatic nitrogens is 2. The van der Waals surface area contributed by atoms with Crippen LogP contribution in [0.3, 0.4) is 0 Å². The van der Waals surface area contributed by atoms with Crippen molar-refractivity contribution in [3.63, 3.8) is 0 Å². The van der Waals surface area contributed by atoms with Crippen molar-refractivity contribution >= 4 is 11.6 Å². The number of aliphatic hydroxyl groups excluding tert-OH is 1. The fourth-order valence-electron chi connectivity index (χ4n) is 1.81. The Bertz CT molecular complexity index is 484. The first-order valence-corrected chi connectivity index (χ1v) is 6.53. The van der Waals surface area contributed by atoms with Crippen LogP contribution in [0.4, 0.5) is 5.69 Å². The van der Waals surface area contributed by atoms with E-state index in [0.717, 1.165) is 0 Å². The Balaban J connectivity index is 2.95. The van der Waals surface area contributed by atoms with Gasteiger partial charge in [-0.2, -0.15) is 5.10 Å². The third-order valence-electron chi connectivity index (χ3n) is 2.93. The molecule has 0 aliphatic carbocycles. The highest BCUT2D eigenvalue weighted by Gasteiger charge is 2.30. The molecule has 8 nitrogen and oxygen atoms in total. The van der Waals surface area contributed by atoms with Gasteiger partial charge < -0.3 is 10.0 Å². The summed E-state index contributed by atoms with van der Waals surface area (Å²) in [5, 5.41) is 26.7. The highest BCUT2D eigenvalue weighted by atomic mass is 16.6. The fraction of sp³-hybridized carbons (Fsp3) is 0.667. The van der Waals surface area contributed by atoms with Gasteiger partial charge >= 0.3 is 5.69 Å². The van der Waals surface area contributed by atoms with Crippen LogP contribution in [0.5, 0.6) is 0 Å². The third-order valence-corrected chi connectivity index (χ3v) is 2.93. The minimum Gasteiger partial charge on any atom is -0.393 e. The zero-order valence-corrected chi connectivity index (χ0v) is 11.9. The highest BCUT2D eigenvalue weighted by Crippen LogP contribution is 2.23. The number of carbonyl (C=O) groups is 1. The molecule has 0 aliphatic heterocycles. The van der Waals surface area contributed by atoms with Crippen LogP contribution >= 0.6 is 0 Å². The lowest BCUT2D eigenvalue weighted by Crippen LogP contribution is -2.30. The maximum Gasteiger partial charge on any atom is 0.322 e. The van der Waals surface area contributed by atoms with E-state index in [-0.39, 0.29) is 11.4 Å². The number of H-pyrrole nitrogens is 1. The largest absolute Gasteiger partial charge is 0.393 e. The Morgan fingerprint density at radius 1 is 1.60 bits per heavy atom. The zero-order valence-electron chi connectivity index (χ0n) is 11.9. The lowest BCUT2D eigenvalue weighted by molar-refractivity contribution is -0.385. The van der Waals surface area contributed by atoms with Crippen LogP contribution in [0.1, 0.15) is 42.9 Å². The van der Waals surface area contributed by atoms with Crippen molar-refractivity contribution in [3.8, 4) is 0 Å². The van der Waals surface area contributed by atoms with E-state index in [1.54, 1.807) is 6.92 Å². The fourth-order valence-corrected chi connectivity index (χ4v) is 1.81. The van der Waals surface area contributed by atoms with Crippen LogP contribution in [0, 0.1) is 10.1 Å².